The summed E-state index contributed by atoms with van der Waals surface area (Å²) in [4.78, 5) is 13.0. The molecule has 0 spiro atoms. The second kappa shape index (κ2) is 6.48. The number of rotatable bonds is 4. The maximum absolute atomic E-state index is 14.4. The maximum Gasteiger partial charge on any atom is 0.233 e. The van der Waals surface area contributed by atoms with Gasteiger partial charge in [-0.25, -0.2) is 19.3 Å². The highest BCUT2D eigenvalue weighted by atomic mass is 19.1. The van der Waals surface area contributed by atoms with Gasteiger partial charge in [-0.1, -0.05) is 0 Å². The number of fused-ring (bicyclic) bond motifs is 3. The van der Waals surface area contributed by atoms with Crippen LogP contribution in [0.25, 0.3) is 22.6 Å². The fourth-order valence-electron chi connectivity index (χ4n) is 3.78. The van der Waals surface area contributed by atoms with E-state index in [-0.39, 0.29) is 12.4 Å². The van der Waals surface area contributed by atoms with E-state index in [2.05, 4.69) is 30.5 Å². The molecule has 4 aromatic heterocycles. The highest BCUT2D eigenvalue weighted by Gasteiger charge is 2.20. The van der Waals surface area contributed by atoms with E-state index in [9.17, 15) is 4.39 Å². The van der Waals surface area contributed by atoms with Crippen LogP contribution in [-0.4, -0.2) is 40.6 Å². The normalized spacial score (nSPS) is 13.0. The molecule has 0 saturated carbocycles. The Bertz CT molecular complexity index is 1410. The Kier molecular flexibility index (Phi) is 3.63. The third-order valence-electron chi connectivity index (χ3n) is 5.25. The monoisotopic (exact) mass is 402 g/mol. The molecule has 5 heterocycles. The van der Waals surface area contributed by atoms with Crippen LogP contribution in [0, 0.1) is 5.82 Å². The highest BCUT2D eigenvalue weighted by molar-refractivity contribution is 5.77. The number of ether oxygens (including phenoxy) is 1. The SMILES string of the molecule is Fc1ccc2c(c1CNc1ncc(-c3cnc4nccn4c3)c3nncn13)CCO2. The van der Waals surface area contributed by atoms with Crippen molar-refractivity contribution in [1.29, 1.82) is 0 Å². The lowest BCUT2D eigenvalue weighted by molar-refractivity contribution is 0.356. The lowest BCUT2D eigenvalue weighted by Crippen LogP contribution is -2.09. The molecule has 9 nitrogen and oxygen atoms in total. The molecule has 0 radical (unpaired) electrons. The molecule has 0 aliphatic carbocycles. The first kappa shape index (κ1) is 16.8. The van der Waals surface area contributed by atoms with Gasteiger partial charge in [0, 0.05) is 66.2 Å². The molecule has 0 bridgehead atoms. The zero-order valence-corrected chi connectivity index (χ0v) is 15.7. The minimum Gasteiger partial charge on any atom is -0.493 e. The average Bonchev–Trinajstić information content (AvgIpc) is 3.52. The number of benzene rings is 1. The van der Waals surface area contributed by atoms with E-state index in [1.165, 1.54) is 6.07 Å². The lowest BCUT2D eigenvalue weighted by Gasteiger charge is -2.12. The lowest BCUT2D eigenvalue weighted by atomic mass is 10.0. The van der Waals surface area contributed by atoms with Crippen LogP contribution in [0.1, 0.15) is 11.1 Å². The van der Waals surface area contributed by atoms with Crippen LogP contribution in [0.3, 0.4) is 0 Å². The van der Waals surface area contributed by atoms with Crippen molar-refractivity contribution < 1.29 is 9.13 Å². The Morgan fingerprint density at radius 1 is 1.17 bits per heavy atom. The number of hydrogen-bond acceptors (Lipinski definition) is 7. The quantitative estimate of drug-likeness (QED) is 0.494. The van der Waals surface area contributed by atoms with Crippen LogP contribution < -0.4 is 10.1 Å². The Hall–Kier alpha value is -4.08. The molecule has 1 N–H and O–H groups in total. The largest absolute Gasteiger partial charge is 0.493 e. The number of nitrogens with zero attached hydrogens (tertiary/aromatic N) is 7. The van der Waals surface area contributed by atoms with Gasteiger partial charge in [-0.15, -0.1) is 10.2 Å². The summed E-state index contributed by atoms with van der Waals surface area (Å²) in [6.45, 7) is 0.851. The van der Waals surface area contributed by atoms with E-state index in [4.69, 9.17) is 4.74 Å². The molecule has 0 amide bonds. The number of imidazole rings is 1. The Morgan fingerprint density at radius 3 is 3.10 bits per heavy atom. The summed E-state index contributed by atoms with van der Waals surface area (Å²) in [7, 11) is 0. The van der Waals surface area contributed by atoms with Gasteiger partial charge < -0.3 is 10.1 Å². The van der Waals surface area contributed by atoms with Crippen molar-refractivity contribution in [3.8, 4) is 16.9 Å². The van der Waals surface area contributed by atoms with Crippen molar-refractivity contribution in [3.63, 3.8) is 0 Å². The van der Waals surface area contributed by atoms with Gasteiger partial charge in [0.15, 0.2) is 5.65 Å². The van der Waals surface area contributed by atoms with Gasteiger partial charge in [-0.2, -0.15) is 0 Å². The molecular formula is C20H15FN8O. The summed E-state index contributed by atoms with van der Waals surface area (Å²) in [5.41, 5.74) is 3.73. The van der Waals surface area contributed by atoms with Gasteiger partial charge in [0.05, 0.1) is 6.61 Å². The van der Waals surface area contributed by atoms with Gasteiger partial charge in [-0.05, 0) is 12.1 Å². The Balaban J connectivity index is 1.36. The molecule has 148 valence electrons. The van der Waals surface area contributed by atoms with Crippen molar-refractivity contribution >= 4 is 17.4 Å². The minimum atomic E-state index is -0.261. The molecule has 1 aromatic carbocycles. The number of hydrogen-bond donors (Lipinski definition) is 1. The molecule has 5 aromatic rings. The van der Waals surface area contributed by atoms with Crippen molar-refractivity contribution in [1.82, 2.24) is 34.0 Å². The molecule has 1 aliphatic rings. The molecule has 0 fully saturated rings. The van der Waals surface area contributed by atoms with E-state index in [0.717, 1.165) is 22.4 Å². The summed E-state index contributed by atoms with van der Waals surface area (Å²) in [6, 6.07) is 3.11. The Morgan fingerprint density at radius 2 is 2.13 bits per heavy atom. The molecule has 0 unspecified atom stereocenters. The summed E-state index contributed by atoms with van der Waals surface area (Å²) >= 11 is 0. The molecule has 0 saturated heterocycles. The summed E-state index contributed by atoms with van der Waals surface area (Å²) in [5.74, 6) is 1.62. The van der Waals surface area contributed by atoms with Gasteiger partial charge in [-0.3, -0.25) is 8.80 Å². The van der Waals surface area contributed by atoms with Crippen LogP contribution >= 0.6 is 0 Å². The second-order valence-electron chi connectivity index (χ2n) is 6.95. The van der Waals surface area contributed by atoms with E-state index in [0.29, 0.717) is 36.0 Å². The number of nitrogens with one attached hydrogen (secondary N) is 1. The Labute approximate surface area is 169 Å². The van der Waals surface area contributed by atoms with E-state index in [1.54, 1.807) is 35.4 Å². The van der Waals surface area contributed by atoms with Gasteiger partial charge >= 0.3 is 0 Å². The predicted molar refractivity (Wildman–Crippen MR) is 106 cm³/mol. The molecular weight excluding hydrogens is 387 g/mol. The van der Waals surface area contributed by atoms with Crippen molar-refractivity contribution in [2.45, 2.75) is 13.0 Å². The van der Waals surface area contributed by atoms with Gasteiger partial charge in [0.2, 0.25) is 11.7 Å². The summed E-state index contributed by atoms with van der Waals surface area (Å²) < 4.78 is 23.5. The maximum atomic E-state index is 14.4. The molecule has 1 aliphatic heterocycles. The van der Waals surface area contributed by atoms with Crippen molar-refractivity contribution in [3.05, 3.63) is 66.4 Å². The third-order valence-corrected chi connectivity index (χ3v) is 5.25. The van der Waals surface area contributed by atoms with E-state index in [1.807, 2.05) is 16.8 Å². The summed E-state index contributed by atoms with van der Waals surface area (Å²) in [6.07, 6.45) is 11.1. The minimum absolute atomic E-state index is 0.261. The number of halogens is 1. The van der Waals surface area contributed by atoms with Crippen LogP contribution in [0.4, 0.5) is 10.3 Å². The van der Waals surface area contributed by atoms with Crippen LogP contribution in [-0.2, 0) is 13.0 Å². The van der Waals surface area contributed by atoms with Crippen molar-refractivity contribution in [2.24, 2.45) is 0 Å². The van der Waals surface area contributed by atoms with Gasteiger partial charge in [0.25, 0.3) is 0 Å². The van der Waals surface area contributed by atoms with Gasteiger partial charge in [0.1, 0.15) is 17.9 Å². The highest BCUT2D eigenvalue weighted by Crippen LogP contribution is 2.31. The fourth-order valence-corrected chi connectivity index (χ4v) is 3.78. The van der Waals surface area contributed by atoms with E-state index >= 15 is 0 Å². The predicted octanol–water partition coefficient (Wildman–Crippen LogP) is 2.52. The fraction of sp³-hybridized carbons (Fsp3) is 0.150. The second-order valence-corrected chi connectivity index (χ2v) is 6.95. The first-order valence-corrected chi connectivity index (χ1v) is 9.43. The first-order valence-electron chi connectivity index (χ1n) is 9.43. The average molecular weight is 402 g/mol. The van der Waals surface area contributed by atoms with Crippen LogP contribution in [0.15, 0.2) is 49.4 Å². The first-order chi connectivity index (χ1) is 14.8. The number of anilines is 1. The summed E-state index contributed by atoms with van der Waals surface area (Å²) in [5, 5.41) is 11.5. The zero-order valence-electron chi connectivity index (χ0n) is 15.7. The molecule has 6 rings (SSSR count). The van der Waals surface area contributed by atoms with Crippen molar-refractivity contribution in [2.75, 3.05) is 11.9 Å². The topological polar surface area (TPSA) is 94.5 Å². The smallest absolute Gasteiger partial charge is 0.233 e. The standard InChI is InChI=1S/C20H15FN8O/c21-16-1-2-17-13(3-6-30-17)15(16)9-25-20-24-8-14(18-27-26-11-29(18)20)12-7-23-19-22-4-5-28(19)10-12/h1-2,4-5,7-8,10-11H,3,6,9H2,(H,24,25). The number of aromatic nitrogens is 7. The van der Waals surface area contributed by atoms with E-state index < -0.39 is 0 Å². The third kappa shape index (κ3) is 2.57. The zero-order chi connectivity index (χ0) is 20.1. The molecule has 10 heteroatoms. The van der Waals surface area contributed by atoms with Crippen LogP contribution in [0.2, 0.25) is 0 Å². The molecule has 30 heavy (non-hydrogen) atoms. The molecule has 0 atom stereocenters. The van der Waals surface area contributed by atoms with Crippen LogP contribution in [0.5, 0.6) is 5.75 Å².